The molecular formula is C38H54O8. The molecule has 0 unspecified atom stereocenters. The third-order valence-corrected chi connectivity index (χ3v) is 8.60. The summed E-state index contributed by atoms with van der Waals surface area (Å²) in [5.41, 5.74) is 5.83. The summed E-state index contributed by atoms with van der Waals surface area (Å²) in [5.74, 6) is 0.657. The fraction of sp³-hybridized carbons (Fsp3) is 0.579. The highest BCUT2D eigenvalue weighted by molar-refractivity contribution is 5.88. The van der Waals surface area contributed by atoms with Crippen molar-refractivity contribution in [1.82, 2.24) is 0 Å². The lowest BCUT2D eigenvalue weighted by Crippen LogP contribution is -2.14. The summed E-state index contributed by atoms with van der Waals surface area (Å²) in [7, 11) is 0. The molecule has 1 aliphatic carbocycles. The van der Waals surface area contributed by atoms with E-state index in [0.29, 0.717) is 18.8 Å². The minimum absolute atomic E-state index is 0.0156. The first-order valence-corrected chi connectivity index (χ1v) is 17.0. The van der Waals surface area contributed by atoms with Gasteiger partial charge in [-0.1, -0.05) is 81.7 Å². The lowest BCUT2D eigenvalue weighted by atomic mass is 9.77. The molecule has 0 aromatic heterocycles. The predicted molar refractivity (Wildman–Crippen MR) is 180 cm³/mol. The number of aliphatic hydroxyl groups is 2. The molecule has 0 radical (unpaired) electrons. The summed E-state index contributed by atoms with van der Waals surface area (Å²) in [6, 6.07) is 15.3. The molecule has 0 atom stereocenters. The Morgan fingerprint density at radius 2 is 1.43 bits per heavy atom. The Hall–Kier alpha value is -3.04. The van der Waals surface area contributed by atoms with Crippen LogP contribution in [0.1, 0.15) is 87.3 Å². The highest BCUT2D eigenvalue weighted by Crippen LogP contribution is 2.38. The lowest BCUT2D eigenvalue weighted by Gasteiger charge is -2.29. The van der Waals surface area contributed by atoms with E-state index >= 15 is 0 Å². The van der Waals surface area contributed by atoms with Gasteiger partial charge in [0, 0.05) is 12.8 Å². The van der Waals surface area contributed by atoms with Gasteiger partial charge in [-0.05, 0) is 65.3 Å². The van der Waals surface area contributed by atoms with Crippen molar-refractivity contribution in [3.8, 4) is 11.1 Å². The van der Waals surface area contributed by atoms with Crippen LogP contribution >= 0.6 is 0 Å². The Bertz CT molecular complexity index is 1180. The minimum atomic E-state index is -0.519. The molecule has 0 amide bonds. The second kappa shape index (κ2) is 21.7. The molecule has 3 rings (SSSR count). The molecule has 46 heavy (non-hydrogen) atoms. The van der Waals surface area contributed by atoms with E-state index in [1.807, 2.05) is 0 Å². The van der Waals surface area contributed by atoms with E-state index in [1.165, 1.54) is 56.9 Å². The van der Waals surface area contributed by atoms with Crippen molar-refractivity contribution in [3.05, 3.63) is 71.3 Å². The number of aliphatic hydroxyl groups excluding tert-OH is 2. The van der Waals surface area contributed by atoms with Crippen molar-refractivity contribution in [2.24, 2.45) is 5.92 Å². The Morgan fingerprint density at radius 3 is 2.09 bits per heavy atom. The Morgan fingerprint density at radius 1 is 0.783 bits per heavy atom. The average Bonchev–Trinajstić information content (AvgIpc) is 3.07. The number of hydrogen-bond donors (Lipinski definition) is 2. The van der Waals surface area contributed by atoms with Crippen LogP contribution in [0.3, 0.4) is 0 Å². The Kier molecular flexibility index (Phi) is 17.6. The van der Waals surface area contributed by atoms with Crippen molar-refractivity contribution in [2.45, 2.75) is 83.5 Å². The summed E-state index contributed by atoms with van der Waals surface area (Å²) in [6.45, 7) is 6.77. The largest absolute Gasteiger partial charge is 0.465 e. The lowest BCUT2D eigenvalue weighted by molar-refractivity contribution is -0.145. The Labute approximate surface area is 275 Å². The molecule has 2 aromatic carbocycles. The molecule has 2 aromatic rings. The summed E-state index contributed by atoms with van der Waals surface area (Å²) in [6.07, 6.45) is 11.8. The SMILES string of the molecule is C=C(COCCO)C(=O)OCCc1cc(CCOC(=O)CCOCCO)cc(-c2ccc(C3CCC(CCCCC)CC3)cc2)c1. The fourth-order valence-corrected chi connectivity index (χ4v) is 5.99. The number of esters is 2. The van der Waals surface area contributed by atoms with E-state index in [9.17, 15) is 9.59 Å². The standard InChI is InChI=1S/C38H54O8/c1-3-4-5-6-30-7-9-33(10-8-30)34-11-13-35(14-12-34)36-26-31(15-21-45-37(41)17-20-43-23-18-39)25-32(27-36)16-22-46-38(42)29(2)28-44-24-19-40/h11-14,25-27,30,33,39-40H,2-10,15-24,28H2,1H3. The predicted octanol–water partition coefficient (Wildman–Crippen LogP) is 6.34. The van der Waals surface area contributed by atoms with Gasteiger partial charge >= 0.3 is 11.9 Å². The van der Waals surface area contributed by atoms with Gasteiger partial charge in [0.05, 0.1) is 64.8 Å². The number of hydrogen-bond acceptors (Lipinski definition) is 8. The van der Waals surface area contributed by atoms with Gasteiger partial charge in [0.25, 0.3) is 0 Å². The molecule has 2 N–H and O–H groups in total. The third kappa shape index (κ3) is 13.8. The van der Waals surface area contributed by atoms with Crippen molar-refractivity contribution in [1.29, 1.82) is 0 Å². The van der Waals surface area contributed by atoms with Crippen molar-refractivity contribution >= 4 is 11.9 Å². The number of carbonyl (C=O) groups excluding carboxylic acids is 2. The molecule has 8 heteroatoms. The van der Waals surface area contributed by atoms with Crippen LogP contribution in [0.25, 0.3) is 11.1 Å². The highest BCUT2D eigenvalue weighted by Gasteiger charge is 2.22. The normalized spacial score (nSPS) is 16.2. The Balaban J connectivity index is 1.63. The molecule has 0 saturated heterocycles. The zero-order valence-corrected chi connectivity index (χ0v) is 27.7. The first-order valence-electron chi connectivity index (χ1n) is 17.0. The first kappa shape index (κ1) is 37.4. The van der Waals surface area contributed by atoms with Crippen molar-refractivity contribution in [2.75, 3.05) is 52.9 Å². The topological polar surface area (TPSA) is 112 Å². The van der Waals surface area contributed by atoms with E-state index in [2.05, 4.69) is 56.0 Å². The number of unbranched alkanes of at least 4 members (excludes halogenated alkanes) is 2. The maximum absolute atomic E-state index is 12.3. The molecule has 1 fully saturated rings. The maximum atomic E-state index is 12.3. The number of rotatable bonds is 22. The van der Waals surface area contributed by atoms with Crippen LogP contribution in [0.5, 0.6) is 0 Å². The molecule has 0 bridgehead atoms. The molecule has 0 heterocycles. The van der Waals surface area contributed by atoms with E-state index in [0.717, 1.165) is 28.2 Å². The van der Waals surface area contributed by atoms with Crippen LogP contribution in [-0.2, 0) is 41.4 Å². The first-order chi connectivity index (χ1) is 22.4. The zero-order chi connectivity index (χ0) is 33.0. The van der Waals surface area contributed by atoms with E-state index in [-0.39, 0.29) is 70.8 Å². The van der Waals surface area contributed by atoms with Gasteiger partial charge in [-0.3, -0.25) is 4.79 Å². The average molecular weight is 639 g/mol. The molecule has 1 aliphatic rings. The number of benzene rings is 2. The van der Waals surface area contributed by atoms with Gasteiger partial charge in [0.2, 0.25) is 0 Å². The smallest absolute Gasteiger partial charge is 0.335 e. The van der Waals surface area contributed by atoms with Crippen LogP contribution in [0, 0.1) is 5.92 Å². The van der Waals surface area contributed by atoms with Crippen LogP contribution < -0.4 is 0 Å². The van der Waals surface area contributed by atoms with Crippen molar-refractivity contribution < 1.29 is 38.7 Å². The van der Waals surface area contributed by atoms with Gasteiger partial charge in [0.1, 0.15) is 0 Å². The molecule has 0 spiro atoms. The van der Waals surface area contributed by atoms with Gasteiger partial charge in [-0.2, -0.15) is 0 Å². The molecule has 1 saturated carbocycles. The van der Waals surface area contributed by atoms with Gasteiger partial charge in [-0.15, -0.1) is 0 Å². The van der Waals surface area contributed by atoms with E-state index < -0.39 is 5.97 Å². The zero-order valence-electron chi connectivity index (χ0n) is 27.7. The van der Waals surface area contributed by atoms with E-state index in [1.54, 1.807) is 0 Å². The third-order valence-electron chi connectivity index (χ3n) is 8.60. The summed E-state index contributed by atoms with van der Waals surface area (Å²) < 4.78 is 21.2. The summed E-state index contributed by atoms with van der Waals surface area (Å²) in [5, 5.41) is 17.7. The molecule has 254 valence electrons. The summed E-state index contributed by atoms with van der Waals surface area (Å²) >= 11 is 0. The molecule has 8 nitrogen and oxygen atoms in total. The van der Waals surface area contributed by atoms with Crippen LogP contribution in [0.15, 0.2) is 54.6 Å². The van der Waals surface area contributed by atoms with Crippen LogP contribution in [-0.4, -0.2) is 75.0 Å². The van der Waals surface area contributed by atoms with Gasteiger partial charge in [0.15, 0.2) is 0 Å². The number of ether oxygens (including phenoxy) is 4. The van der Waals surface area contributed by atoms with Crippen LogP contribution in [0.4, 0.5) is 0 Å². The maximum Gasteiger partial charge on any atom is 0.335 e. The molecular weight excluding hydrogens is 584 g/mol. The quantitative estimate of drug-likeness (QED) is 0.0873. The second-order valence-electron chi connectivity index (χ2n) is 12.2. The minimum Gasteiger partial charge on any atom is -0.465 e. The monoisotopic (exact) mass is 638 g/mol. The van der Waals surface area contributed by atoms with Gasteiger partial charge < -0.3 is 29.2 Å². The summed E-state index contributed by atoms with van der Waals surface area (Å²) in [4.78, 5) is 24.4. The van der Waals surface area contributed by atoms with Crippen LogP contribution in [0.2, 0.25) is 0 Å². The van der Waals surface area contributed by atoms with Crippen molar-refractivity contribution in [3.63, 3.8) is 0 Å². The van der Waals surface area contributed by atoms with Gasteiger partial charge in [-0.25, -0.2) is 4.79 Å². The fourth-order valence-electron chi connectivity index (χ4n) is 5.99. The highest BCUT2D eigenvalue weighted by atomic mass is 16.5. The molecule has 0 aliphatic heterocycles. The second-order valence-corrected chi connectivity index (χ2v) is 12.2. The van der Waals surface area contributed by atoms with E-state index in [4.69, 9.17) is 29.2 Å². The number of carbonyl (C=O) groups is 2.